The van der Waals surface area contributed by atoms with Gasteiger partial charge in [-0.15, -0.1) is 0 Å². The molecule has 0 aromatic heterocycles. The number of methoxy groups -OCH3 is 1. The van der Waals surface area contributed by atoms with Gasteiger partial charge in [0.2, 0.25) is 0 Å². The summed E-state index contributed by atoms with van der Waals surface area (Å²) in [5.74, 6) is -1.16. The zero-order valence-corrected chi connectivity index (χ0v) is 27.1. The van der Waals surface area contributed by atoms with Gasteiger partial charge < -0.3 is 34.3 Å². The van der Waals surface area contributed by atoms with E-state index in [1.165, 1.54) is 0 Å². The summed E-state index contributed by atoms with van der Waals surface area (Å²) in [4.78, 5) is 32.1. The second kappa shape index (κ2) is 14.1. The molecule has 0 radical (unpaired) electrons. The summed E-state index contributed by atoms with van der Waals surface area (Å²) < 4.78 is 25.0. The Hall–Kier alpha value is -1.14. The molecule has 3 aliphatic rings. The largest absolute Gasteiger partial charge is 0.460 e. The molecule has 3 aliphatic heterocycles. The van der Waals surface area contributed by atoms with Crippen LogP contribution < -0.4 is 5.32 Å². The van der Waals surface area contributed by atoms with Crippen molar-refractivity contribution in [3.63, 3.8) is 0 Å². The monoisotopic (exact) mass is 583 g/mol. The second-order valence-corrected chi connectivity index (χ2v) is 13.7. The van der Waals surface area contributed by atoms with Crippen LogP contribution in [0.25, 0.3) is 0 Å². The van der Waals surface area contributed by atoms with Crippen molar-refractivity contribution in [2.24, 2.45) is 17.3 Å². The minimum Gasteiger partial charge on any atom is -0.460 e. The molecule has 0 aromatic carbocycles. The molecular formula is C31H57N3O7. The molecule has 0 spiro atoms. The summed E-state index contributed by atoms with van der Waals surface area (Å²) in [5, 5.41) is 14.7. The Morgan fingerprint density at radius 2 is 1.73 bits per heavy atom. The molecule has 3 rings (SSSR count). The number of aliphatic hydroxyl groups excluding tert-OH is 1. The van der Waals surface area contributed by atoms with E-state index in [9.17, 15) is 14.7 Å². The number of nitrogens with one attached hydrogen (secondary N) is 1. The molecule has 0 bridgehead atoms. The maximum atomic E-state index is 14.1. The summed E-state index contributed by atoms with van der Waals surface area (Å²) >= 11 is 0. The molecule has 0 amide bonds. The molecule has 3 saturated heterocycles. The predicted molar refractivity (Wildman–Crippen MR) is 157 cm³/mol. The third kappa shape index (κ3) is 7.69. The van der Waals surface area contributed by atoms with Gasteiger partial charge in [0.25, 0.3) is 0 Å². The van der Waals surface area contributed by atoms with Gasteiger partial charge in [-0.25, -0.2) is 0 Å². The molecule has 3 fully saturated rings. The van der Waals surface area contributed by atoms with Gasteiger partial charge in [-0.05, 0) is 113 Å². The number of esters is 1. The number of rotatable bonds is 5. The number of nitrogens with zero attached hydrogens (tertiary/aromatic N) is 2. The smallest absolute Gasteiger partial charge is 0.319 e. The van der Waals surface area contributed by atoms with Gasteiger partial charge in [-0.3, -0.25) is 14.5 Å². The maximum absolute atomic E-state index is 14.1. The zero-order chi connectivity index (χ0) is 30.7. The number of cyclic esters (lactones) is 1. The predicted octanol–water partition coefficient (Wildman–Crippen LogP) is 2.46. The fourth-order valence-electron chi connectivity index (χ4n) is 7.26. The average molecular weight is 584 g/mol. The molecule has 9 atom stereocenters. The van der Waals surface area contributed by atoms with Crippen LogP contribution in [0.3, 0.4) is 0 Å². The number of hydrogen-bond acceptors (Lipinski definition) is 10. The van der Waals surface area contributed by atoms with E-state index in [2.05, 4.69) is 17.3 Å². The van der Waals surface area contributed by atoms with Gasteiger partial charge in [0.1, 0.15) is 17.6 Å². The fraction of sp³-hybridized carbons (Fsp3) is 0.935. The molecule has 0 aliphatic carbocycles. The van der Waals surface area contributed by atoms with E-state index in [4.69, 9.17) is 18.9 Å². The first kappa shape index (κ1) is 34.4. The van der Waals surface area contributed by atoms with Crippen LogP contribution in [0.15, 0.2) is 0 Å². The number of ketones is 1. The van der Waals surface area contributed by atoms with Crippen LogP contribution in [0.1, 0.15) is 73.6 Å². The number of aliphatic hydroxyl groups is 1. The Labute approximate surface area is 247 Å². The molecular weight excluding hydrogens is 526 g/mol. The summed E-state index contributed by atoms with van der Waals surface area (Å²) in [6.07, 6.45) is 0.958. The van der Waals surface area contributed by atoms with Crippen molar-refractivity contribution in [3.8, 4) is 0 Å². The first-order valence-corrected chi connectivity index (χ1v) is 15.5. The first-order valence-electron chi connectivity index (χ1n) is 15.5. The van der Waals surface area contributed by atoms with Gasteiger partial charge in [0.15, 0.2) is 12.1 Å². The highest BCUT2D eigenvalue weighted by atomic mass is 16.7. The molecule has 41 heavy (non-hydrogen) atoms. The topological polar surface area (TPSA) is 110 Å². The number of likely N-dealkylation sites (N-methyl/N-ethyl adjacent to an activating group) is 2. The van der Waals surface area contributed by atoms with E-state index in [1.807, 2.05) is 39.8 Å². The van der Waals surface area contributed by atoms with Crippen molar-refractivity contribution < 1.29 is 33.6 Å². The second-order valence-electron chi connectivity index (χ2n) is 13.7. The summed E-state index contributed by atoms with van der Waals surface area (Å²) in [5.41, 5.74) is -2.28. The molecule has 0 aromatic rings. The van der Waals surface area contributed by atoms with Crippen molar-refractivity contribution in [1.29, 1.82) is 0 Å². The van der Waals surface area contributed by atoms with E-state index < -0.39 is 41.4 Å². The summed E-state index contributed by atoms with van der Waals surface area (Å²) in [6, 6.07) is -0.118. The molecule has 2 N–H and O–H groups in total. The van der Waals surface area contributed by atoms with Gasteiger partial charge in [0, 0.05) is 25.1 Å². The Kier molecular flexibility index (Phi) is 11.8. The van der Waals surface area contributed by atoms with Gasteiger partial charge in [0.05, 0.1) is 17.8 Å². The Bertz CT molecular complexity index is 880. The lowest BCUT2D eigenvalue weighted by Gasteiger charge is -2.46. The Morgan fingerprint density at radius 1 is 1.10 bits per heavy atom. The van der Waals surface area contributed by atoms with E-state index in [1.54, 1.807) is 27.9 Å². The number of Topliss-reactive ketones (excluding diaryl/α,β-unsaturated/α-hetero) is 1. The van der Waals surface area contributed by atoms with Crippen LogP contribution in [0.5, 0.6) is 0 Å². The molecule has 1 unspecified atom stereocenters. The van der Waals surface area contributed by atoms with E-state index in [0.717, 1.165) is 38.9 Å². The quantitative estimate of drug-likeness (QED) is 0.370. The van der Waals surface area contributed by atoms with Gasteiger partial charge in [-0.2, -0.15) is 0 Å². The van der Waals surface area contributed by atoms with Crippen molar-refractivity contribution >= 4 is 11.8 Å². The fourth-order valence-corrected chi connectivity index (χ4v) is 7.26. The SMILES string of the molecule is CO[C@]1(C)CCCN(C)C(C2CCNCC2)[C@H](C)OC(=O)C(C)(C)C(=O)[C@H](C)[C@H]1O[C@@H]1O[C@H](C)C[C@H](N(C)C)[C@H]1O. The first-order chi connectivity index (χ1) is 19.1. The molecule has 0 saturated carbocycles. The number of carbonyl (C=O) groups is 2. The number of hydrogen-bond donors (Lipinski definition) is 2. The lowest BCUT2D eigenvalue weighted by Crippen LogP contribution is -2.59. The molecule has 10 nitrogen and oxygen atoms in total. The van der Waals surface area contributed by atoms with E-state index >= 15 is 0 Å². The minimum atomic E-state index is -1.40. The highest BCUT2D eigenvalue weighted by Gasteiger charge is 2.51. The van der Waals surface area contributed by atoms with Crippen molar-refractivity contribution in [2.45, 2.75) is 122 Å². The lowest BCUT2D eigenvalue weighted by molar-refractivity contribution is -0.295. The summed E-state index contributed by atoms with van der Waals surface area (Å²) in [7, 11) is 7.59. The molecule has 238 valence electrons. The van der Waals surface area contributed by atoms with Crippen LogP contribution in [-0.4, -0.2) is 123 Å². The number of piperidine rings is 1. The highest BCUT2D eigenvalue weighted by Crippen LogP contribution is 2.38. The average Bonchev–Trinajstić information content (AvgIpc) is 2.92. The normalized spacial score (nSPS) is 40.9. The van der Waals surface area contributed by atoms with Crippen LogP contribution >= 0.6 is 0 Å². The number of ether oxygens (including phenoxy) is 4. The van der Waals surface area contributed by atoms with Crippen molar-refractivity contribution in [3.05, 3.63) is 0 Å². The highest BCUT2D eigenvalue weighted by molar-refractivity contribution is 6.04. The number of carbonyl (C=O) groups excluding carboxylic acids is 2. The molecule has 3 heterocycles. The Morgan fingerprint density at radius 3 is 2.32 bits per heavy atom. The van der Waals surface area contributed by atoms with Gasteiger partial charge in [-0.1, -0.05) is 6.92 Å². The van der Waals surface area contributed by atoms with Crippen LogP contribution in [0.4, 0.5) is 0 Å². The zero-order valence-electron chi connectivity index (χ0n) is 27.1. The van der Waals surface area contributed by atoms with E-state index in [-0.39, 0.29) is 30.1 Å². The van der Waals surface area contributed by atoms with Gasteiger partial charge >= 0.3 is 5.97 Å². The summed E-state index contributed by atoms with van der Waals surface area (Å²) in [6.45, 7) is 13.6. The third-order valence-electron chi connectivity index (χ3n) is 9.95. The van der Waals surface area contributed by atoms with Crippen molar-refractivity contribution in [2.75, 3.05) is 47.9 Å². The Balaban J connectivity index is 1.98. The lowest BCUT2D eigenvalue weighted by atomic mass is 9.75. The van der Waals surface area contributed by atoms with Crippen molar-refractivity contribution in [1.82, 2.24) is 15.1 Å². The van der Waals surface area contributed by atoms with Crippen LogP contribution in [-0.2, 0) is 28.5 Å². The maximum Gasteiger partial charge on any atom is 0.319 e. The third-order valence-corrected chi connectivity index (χ3v) is 9.95. The standard InChI is InChI=1S/C31H57N3O7/c1-19-18-23(33(7)8)25(35)28(39-19)41-27-20(2)26(36)30(4,5)29(37)40-21(3)24(22-12-15-32-16-13-22)34(9)17-11-14-31(27,6)38-10/h19-25,27-28,32,35H,11-18H2,1-10H3/t19-,20+,21+,23+,24?,25-,27-,28+,31-/m1/s1. The van der Waals surface area contributed by atoms with Crippen LogP contribution in [0.2, 0.25) is 0 Å². The van der Waals surface area contributed by atoms with Crippen LogP contribution in [0, 0.1) is 17.3 Å². The van der Waals surface area contributed by atoms with E-state index in [0.29, 0.717) is 18.8 Å². The minimum absolute atomic E-state index is 0.0428. The molecule has 10 heteroatoms.